The van der Waals surface area contributed by atoms with Crippen LogP contribution in [0.25, 0.3) is 11.9 Å². The third kappa shape index (κ3) is 3.00. The first-order valence-electron chi connectivity index (χ1n) is 7.77. The quantitative estimate of drug-likeness (QED) is 0.544. The first kappa shape index (κ1) is 16.4. The fraction of sp³-hybridized carbons (Fsp3) is 0.158. The zero-order valence-corrected chi connectivity index (χ0v) is 14.3. The van der Waals surface area contributed by atoms with Crippen molar-refractivity contribution in [3.8, 4) is 11.9 Å². The molecule has 3 heterocycles. The molecule has 3 rings (SSSR count). The number of rotatable bonds is 4. The Morgan fingerprint density at radius 3 is 2.72 bits per heavy atom. The predicted molar refractivity (Wildman–Crippen MR) is 94.3 cm³/mol. The number of aromatic nitrogens is 4. The molecule has 0 aliphatic rings. The van der Waals surface area contributed by atoms with Gasteiger partial charge in [-0.05, 0) is 49.8 Å². The summed E-state index contributed by atoms with van der Waals surface area (Å²) >= 11 is 0. The lowest BCUT2D eigenvalue weighted by molar-refractivity contribution is 0.104. The van der Waals surface area contributed by atoms with Gasteiger partial charge in [-0.1, -0.05) is 6.07 Å². The molecule has 0 amide bonds. The Morgan fingerprint density at radius 2 is 2.08 bits per heavy atom. The van der Waals surface area contributed by atoms with Crippen LogP contribution in [0.3, 0.4) is 0 Å². The van der Waals surface area contributed by atoms with Crippen LogP contribution in [-0.2, 0) is 7.05 Å². The molecular weight excluding hydrogens is 314 g/mol. The second-order valence-corrected chi connectivity index (χ2v) is 5.68. The van der Waals surface area contributed by atoms with Crippen molar-refractivity contribution in [2.75, 3.05) is 0 Å². The summed E-state index contributed by atoms with van der Waals surface area (Å²) < 4.78 is 3.44. The topological polar surface area (TPSA) is 76.5 Å². The van der Waals surface area contributed by atoms with Crippen molar-refractivity contribution in [3.63, 3.8) is 0 Å². The molecule has 0 spiro atoms. The molecule has 124 valence electrons. The number of carbonyl (C=O) groups excluding carboxylic acids is 1. The maximum absolute atomic E-state index is 12.5. The van der Waals surface area contributed by atoms with Gasteiger partial charge in [-0.25, -0.2) is 9.67 Å². The molecule has 0 fully saturated rings. The number of nitrogens with zero attached hydrogens (tertiary/aromatic N) is 5. The monoisotopic (exact) mass is 331 g/mol. The fourth-order valence-electron chi connectivity index (χ4n) is 2.62. The van der Waals surface area contributed by atoms with Gasteiger partial charge in [-0.15, -0.1) is 0 Å². The average Bonchev–Trinajstić information content (AvgIpc) is 3.14. The Balaban J connectivity index is 1.88. The summed E-state index contributed by atoms with van der Waals surface area (Å²) in [4.78, 5) is 16.8. The average molecular weight is 331 g/mol. The Hall–Kier alpha value is -3.46. The summed E-state index contributed by atoms with van der Waals surface area (Å²) in [5, 5.41) is 13.3. The number of carbonyl (C=O) groups is 1. The smallest absolute Gasteiger partial charge is 0.189 e. The lowest BCUT2D eigenvalue weighted by atomic mass is 10.1. The van der Waals surface area contributed by atoms with E-state index in [4.69, 9.17) is 5.26 Å². The molecule has 6 heteroatoms. The SMILES string of the molecule is Cc1c(C(=O)C=Cc2cc(C#N)n(C)c2C)cnn1-c1ccccn1. The first-order valence-corrected chi connectivity index (χ1v) is 7.77. The van der Waals surface area contributed by atoms with Crippen LogP contribution in [0.1, 0.15) is 33.0 Å². The zero-order valence-electron chi connectivity index (χ0n) is 14.3. The van der Waals surface area contributed by atoms with E-state index in [-0.39, 0.29) is 5.78 Å². The molecule has 3 aromatic heterocycles. The van der Waals surface area contributed by atoms with Crippen molar-refractivity contribution in [3.05, 3.63) is 70.9 Å². The maximum Gasteiger partial charge on any atom is 0.189 e. The van der Waals surface area contributed by atoms with Gasteiger partial charge in [0.25, 0.3) is 0 Å². The standard InChI is InChI=1S/C19H17N5O/c1-13-15(10-16(11-20)23(13)3)7-8-18(25)17-12-22-24(14(17)2)19-6-4-5-9-21-19/h4-10,12H,1-3H3. The molecule has 0 N–H and O–H groups in total. The highest BCUT2D eigenvalue weighted by atomic mass is 16.1. The van der Waals surface area contributed by atoms with E-state index < -0.39 is 0 Å². The van der Waals surface area contributed by atoms with Crippen LogP contribution in [0, 0.1) is 25.2 Å². The summed E-state index contributed by atoms with van der Waals surface area (Å²) in [7, 11) is 1.83. The molecule has 0 unspecified atom stereocenters. The van der Waals surface area contributed by atoms with E-state index in [1.54, 1.807) is 33.8 Å². The van der Waals surface area contributed by atoms with Gasteiger partial charge in [0.15, 0.2) is 11.6 Å². The third-order valence-corrected chi connectivity index (χ3v) is 4.24. The van der Waals surface area contributed by atoms with Crippen LogP contribution in [0.4, 0.5) is 0 Å². The highest BCUT2D eigenvalue weighted by molar-refractivity contribution is 6.07. The molecule has 0 aromatic carbocycles. The number of pyridine rings is 1. The van der Waals surface area contributed by atoms with Crippen molar-refractivity contribution < 1.29 is 4.79 Å². The normalized spacial score (nSPS) is 11.0. The minimum absolute atomic E-state index is 0.138. The van der Waals surface area contributed by atoms with E-state index in [1.807, 2.05) is 39.1 Å². The van der Waals surface area contributed by atoms with Crippen LogP contribution in [0.5, 0.6) is 0 Å². The summed E-state index contributed by atoms with van der Waals surface area (Å²) in [6, 6.07) is 9.43. The summed E-state index contributed by atoms with van der Waals surface area (Å²) in [6.07, 6.45) is 6.48. The predicted octanol–water partition coefficient (Wildman–Crippen LogP) is 2.99. The fourth-order valence-corrected chi connectivity index (χ4v) is 2.62. The van der Waals surface area contributed by atoms with Gasteiger partial charge in [-0.2, -0.15) is 10.4 Å². The number of hydrogen-bond donors (Lipinski definition) is 0. The highest BCUT2D eigenvalue weighted by Gasteiger charge is 2.14. The van der Waals surface area contributed by atoms with E-state index in [2.05, 4.69) is 16.2 Å². The van der Waals surface area contributed by atoms with Crippen LogP contribution in [-0.4, -0.2) is 25.1 Å². The van der Waals surface area contributed by atoms with E-state index >= 15 is 0 Å². The molecule has 0 radical (unpaired) electrons. The zero-order chi connectivity index (χ0) is 18.0. The molecule has 0 atom stereocenters. The molecule has 0 aliphatic heterocycles. The van der Waals surface area contributed by atoms with Gasteiger partial charge in [-0.3, -0.25) is 4.79 Å². The lowest BCUT2D eigenvalue weighted by Crippen LogP contribution is -2.03. The van der Waals surface area contributed by atoms with E-state index in [0.717, 1.165) is 17.0 Å². The Bertz CT molecular complexity index is 1000. The van der Waals surface area contributed by atoms with Gasteiger partial charge >= 0.3 is 0 Å². The molecule has 25 heavy (non-hydrogen) atoms. The van der Waals surface area contributed by atoms with E-state index in [0.29, 0.717) is 17.1 Å². The van der Waals surface area contributed by atoms with Gasteiger partial charge in [0.2, 0.25) is 0 Å². The Morgan fingerprint density at radius 1 is 1.28 bits per heavy atom. The lowest BCUT2D eigenvalue weighted by Gasteiger charge is -2.02. The molecule has 3 aromatic rings. The van der Waals surface area contributed by atoms with E-state index in [1.165, 1.54) is 6.08 Å². The minimum atomic E-state index is -0.138. The van der Waals surface area contributed by atoms with Crippen molar-refractivity contribution >= 4 is 11.9 Å². The Labute approximate surface area is 145 Å². The number of ketones is 1. The van der Waals surface area contributed by atoms with E-state index in [9.17, 15) is 4.79 Å². The van der Waals surface area contributed by atoms with Crippen LogP contribution in [0.15, 0.2) is 42.7 Å². The van der Waals surface area contributed by atoms with Gasteiger partial charge < -0.3 is 4.57 Å². The largest absolute Gasteiger partial charge is 0.339 e. The number of hydrogen-bond acceptors (Lipinski definition) is 4. The summed E-state index contributed by atoms with van der Waals surface area (Å²) in [6.45, 7) is 3.75. The van der Waals surface area contributed by atoms with Crippen molar-refractivity contribution in [2.24, 2.45) is 7.05 Å². The van der Waals surface area contributed by atoms with Crippen molar-refractivity contribution in [1.29, 1.82) is 5.26 Å². The molecule has 0 aliphatic carbocycles. The number of allylic oxidation sites excluding steroid dienone is 1. The van der Waals surface area contributed by atoms with Crippen LogP contribution >= 0.6 is 0 Å². The van der Waals surface area contributed by atoms with Gasteiger partial charge in [0.1, 0.15) is 11.8 Å². The highest BCUT2D eigenvalue weighted by Crippen LogP contribution is 2.17. The Kier molecular flexibility index (Phi) is 4.31. The third-order valence-electron chi connectivity index (χ3n) is 4.24. The second-order valence-electron chi connectivity index (χ2n) is 5.68. The van der Waals surface area contributed by atoms with Gasteiger partial charge in [0, 0.05) is 18.9 Å². The second kappa shape index (κ2) is 6.57. The van der Waals surface area contributed by atoms with Crippen molar-refractivity contribution in [2.45, 2.75) is 13.8 Å². The van der Waals surface area contributed by atoms with Crippen LogP contribution in [0.2, 0.25) is 0 Å². The summed E-state index contributed by atoms with van der Waals surface area (Å²) in [5.74, 6) is 0.530. The molecule has 0 saturated heterocycles. The maximum atomic E-state index is 12.5. The summed E-state index contributed by atoms with van der Waals surface area (Å²) in [5.41, 5.74) is 3.60. The first-order chi connectivity index (χ1) is 12.0. The molecule has 0 bridgehead atoms. The minimum Gasteiger partial charge on any atom is -0.339 e. The van der Waals surface area contributed by atoms with Crippen LogP contribution < -0.4 is 0 Å². The molecular formula is C19H17N5O. The van der Waals surface area contributed by atoms with Gasteiger partial charge in [0.05, 0.1) is 17.5 Å². The van der Waals surface area contributed by atoms with Crippen molar-refractivity contribution in [1.82, 2.24) is 19.3 Å². The number of nitriles is 1. The molecule has 0 saturated carbocycles. The molecule has 6 nitrogen and oxygen atoms in total.